The van der Waals surface area contributed by atoms with Crippen LogP contribution in [0.25, 0.3) is 0 Å². The van der Waals surface area contributed by atoms with Crippen molar-refractivity contribution in [3.05, 3.63) is 45.9 Å². The lowest BCUT2D eigenvalue weighted by atomic mass is 9.77. The first-order valence-corrected chi connectivity index (χ1v) is 7.29. The quantitative estimate of drug-likeness (QED) is 0.828. The maximum Gasteiger partial charge on any atom is 0.311 e. The molecular formula is C15H17ClN2O4. The van der Waals surface area contributed by atoms with Gasteiger partial charge in [0.1, 0.15) is 5.02 Å². The van der Waals surface area contributed by atoms with E-state index >= 15 is 0 Å². The lowest BCUT2D eigenvalue weighted by Crippen LogP contribution is -2.49. The second-order valence-corrected chi connectivity index (χ2v) is 5.88. The molecule has 1 unspecified atom stereocenters. The maximum absolute atomic E-state index is 12.5. The van der Waals surface area contributed by atoms with Crippen molar-refractivity contribution in [3.63, 3.8) is 0 Å². The molecule has 0 saturated carbocycles. The standard InChI is InChI=1S/C15H17ClN2O4/c1-2-4-15(14(21)22)5-3-6-18(9-15)13(20)10-7-11(16)12(19)17-8-10/h2,7-8H,1,3-6,9H2,(H,17,19)(H,21,22). The summed E-state index contributed by atoms with van der Waals surface area (Å²) in [6.45, 7) is 4.20. The second-order valence-electron chi connectivity index (χ2n) is 5.47. The van der Waals surface area contributed by atoms with E-state index in [-0.39, 0.29) is 23.0 Å². The monoisotopic (exact) mass is 324 g/mol. The van der Waals surface area contributed by atoms with Crippen LogP contribution in [0.5, 0.6) is 0 Å². The fourth-order valence-corrected chi connectivity index (χ4v) is 2.94. The Morgan fingerprint density at radius 1 is 1.55 bits per heavy atom. The first-order chi connectivity index (χ1) is 10.4. The molecule has 6 nitrogen and oxygen atoms in total. The van der Waals surface area contributed by atoms with Crippen LogP contribution in [-0.4, -0.2) is 40.0 Å². The van der Waals surface area contributed by atoms with E-state index in [1.165, 1.54) is 17.2 Å². The zero-order valence-corrected chi connectivity index (χ0v) is 12.7. The number of likely N-dealkylation sites (tertiary alicyclic amines) is 1. The summed E-state index contributed by atoms with van der Waals surface area (Å²) in [7, 11) is 0. The number of carboxylic acid groups (broad SMARTS) is 1. The maximum atomic E-state index is 12.5. The average Bonchev–Trinajstić information content (AvgIpc) is 2.49. The summed E-state index contributed by atoms with van der Waals surface area (Å²) in [5.74, 6) is -1.27. The highest BCUT2D eigenvalue weighted by Gasteiger charge is 2.42. The van der Waals surface area contributed by atoms with Crippen LogP contribution in [0.4, 0.5) is 0 Å². The van der Waals surface area contributed by atoms with Crippen molar-refractivity contribution in [2.24, 2.45) is 5.41 Å². The number of carbonyl (C=O) groups is 2. The highest BCUT2D eigenvalue weighted by molar-refractivity contribution is 6.30. The first kappa shape index (κ1) is 16.3. The van der Waals surface area contributed by atoms with Crippen LogP contribution in [0.1, 0.15) is 29.6 Å². The first-order valence-electron chi connectivity index (χ1n) is 6.91. The van der Waals surface area contributed by atoms with Gasteiger partial charge in [0.2, 0.25) is 0 Å². The molecule has 0 radical (unpaired) electrons. The summed E-state index contributed by atoms with van der Waals surface area (Å²) in [4.78, 5) is 39.2. The number of hydrogen-bond donors (Lipinski definition) is 2. The number of carbonyl (C=O) groups excluding carboxylic acids is 1. The second kappa shape index (κ2) is 6.36. The molecule has 7 heteroatoms. The number of carboxylic acids is 1. The Labute approximate surface area is 132 Å². The number of nitrogens with one attached hydrogen (secondary N) is 1. The van der Waals surface area contributed by atoms with Gasteiger partial charge in [-0.2, -0.15) is 0 Å². The molecule has 1 amide bonds. The molecule has 1 atom stereocenters. The van der Waals surface area contributed by atoms with Gasteiger partial charge in [0.25, 0.3) is 11.5 Å². The minimum absolute atomic E-state index is 0.0709. The summed E-state index contributed by atoms with van der Waals surface area (Å²) < 4.78 is 0. The van der Waals surface area contributed by atoms with Gasteiger partial charge in [-0.1, -0.05) is 17.7 Å². The molecule has 1 aliphatic rings. The van der Waals surface area contributed by atoms with E-state index in [9.17, 15) is 19.5 Å². The predicted octanol–water partition coefficient (Wildman–Crippen LogP) is 1.91. The number of piperidine rings is 1. The number of hydrogen-bond acceptors (Lipinski definition) is 3. The number of pyridine rings is 1. The van der Waals surface area contributed by atoms with Crippen LogP contribution in [0.2, 0.25) is 5.02 Å². The van der Waals surface area contributed by atoms with Crippen LogP contribution in [0, 0.1) is 5.41 Å². The zero-order chi connectivity index (χ0) is 16.3. The topological polar surface area (TPSA) is 90.5 Å². The van der Waals surface area contributed by atoms with E-state index < -0.39 is 16.9 Å². The van der Waals surface area contributed by atoms with Crippen molar-refractivity contribution in [3.8, 4) is 0 Å². The fourth-order valence-electron chi connectivity index (χ4n) is 2.77. The lowest BCUT2D eigenvalue weighted by molar-refractivity contribution is -0.151. The number of aromatic amines is 1. The molecule has 0 aliphatic carbocycles. The van der Waals surface area contributed by atoms with Gasteiger partial charge < -0.3 is 15.0 Å². The summed E-state index contributed by atoms with van der Waals surface area (Å²) >= 11 is 5.73. The number of rotatable bonds is 4. The Balaban J connectivity index is 2.26. The molecular weight excluding hydrogens is 308 g/mol. The molecule has 2 rings (SSSR count). The Bertz CT molecular complexity index is 670. The van der Waals surface area contributed by atoms with Gasteiger partial charge in [0.05, 0.1) is 11.0 Å². The number of allylic oxidation sites excluding steroid dienone is 1. The van der Waals surface area contributed by atoms with E-state index in [4.69, 9.17) is 11.6 Å². The Morgan fingerprint density at radius 3 is 2.86 bits per heavy atom. The molecule has 118 valence electrons. The molecule has 1 aromatic heterocycles. The third kappa shape index (κ3) is 3.06. The molecule has 1 aromatic rings. The Morgan fingerprint density at radius 2 is 2.27 bits per heavy atom. The number of H-pyrrole nitrogens is 1. The SMILES string of the molecule is C=CCC1(C(=O)O)CCCN(C(=O)c2c[nH]c(=O)c(Cl)c2)C1. The molecule has 0 spiro atoms. The van der Waals surface area contributed by atoms with Crippen LogP contribution in [0.3, 0.4) is 0 Å². The highest BCUT2D eigenvalue weighted by atomic mass is 35.5. The Hall–Kier alpha value is -2.08. The van der Waals surface area contributed by atoms with Gasteiger partial charge in [-0.3, -0.25) is 14.4 Å². The smallest absolute Gasteiger partial charge is 0.311 e. The van der Waals surface area contributed by atoms with Crippen molar-refractivity contribution >= 4 is 23.5 Å². The van der Waals surface area contributed by atoms with Crippen LogP contribution in [0.15, 0.2) is 29.7 Å². The molecule has 1 saturated heterocycles. The van der Waals surface area contributed by atoms with Gasteiger partial charge >= 0.3 is 5.97 Å². The molecule has 0 aromatic carbocycles. The molecule has 2 heterocycles. The van der Waals surface area contributed by atoms with Crippen molar-refractivity contribution in [1.82, 2.24) is 9.88 Å². The third-order valence-corrected chi connectivity index (χ3v) is 4.24. The van der Waals surface area contributed by atoms with Gasteiger partial charge in [-0.05, 0) is 25.3 Å². The van der Waals surface area contributed by atoms with Gasteiger partial charge in [0.15, 0.2) is 0 Å². The Kier molecular flexibility index (Phi) is 4.71. The van der Waals surface area contributed by atoms with E-state index in [0.717, 1.165) is 0 Å². The van der Waals surface area contributed by atoms with Gasteiger partial charge in [-0.15, -0.1) is 6.58 Å². The minimum atomic E-state index is -0.998. The number of amides is 1. The van der Waals surface area contributed by atoms with Gasteiger partial charge in [-0.25, -0.2) is 0 Å². The summed E-state index contributed by atoms with van der Waals surface area (Å²) in [6, 6.07) is 1.30. The molecule has 0 bridgehead atoms. The summed E-state index contributed by atoms with van der Waals surface area (Å²) in [5, 5.41) is 9.45. The molecule has 1 aliphatic heterocycles. The predicted molar refractivity (Wildman–Crippen MR) is 82.1 cm³/mol. The summed E-state index contributed by atoms with van der Waals surface area (Å²) in [5.41, 5.74) is -1.23. The van der Waals surface area contributed by atoms with E-state index in [1.807, 2.05) is 0 Å². The number of aliphatic carboxylic acids is 1. The minimum Gasteiger partial charge on any atom is -0.481 e. The van der Waals surface area contributed by atoms with Crippen LogP contribution < -0.4 is 5.56 Å². The number of nitrogens with zero attached hydrogens (tertiary/aromatic N) is 1. The normalized spacial score (nSPS) is 21.4. The van der Waals surface area contributed by atoms with Crippen LogP contribution in [-0.2, 0) is 4.79 Å². The molecule has 1 fully saturated rings. The number of halogens is 1. The number of aromatic nitrogens is 1. The third-order valence-electron chi connectivity index (χ3n) is 3.96. The largest absolute Gasteiger partial charge is 0.481 e. The van der Waals surface area contributed by atoms with Crippen molar-refractivity contribution in [1.29, 1.82) is 0 Å². The molecule has 22 heavy (non-hydrogen) atoms. The lowest BCUT2D eigenvalue weighted by Gasteiger charge is -2.39. The average molecular weight is 325 g/mol. The van der Waals surface area contributed by atoms with E-state index in [2.05, 4.69) is 11.6 Å². The van der Waals surface area contributed by atoms with Crippen molar-refractivity contribution < 1.29 is 14.7 Å². The van der Waals surface area contributed by atoms with E-state index in [1.54, 1.807) is 6.08 Å². The van der Waals surface area contributed by atoms with Crippen molar-refractivity contribution in [2.45, 2.75) is 19.3 Å². The zero-order valence-electron chi connectivity index (χ0n) is 12.0. The van der Waals surface area contributed by atoms with Crippen LogP contribution >= 0.6 is 11.6 Å². The van der Waals surface area contributed by atoms with Gasteiger partial charge in [0, 0.05) is 19.3 Å². The molecule has 2 N–H and O–H groups in total. The van der Waals surface area contributed by atoms with E-state index in [0.29, 0.717) is 25.8 Å². The highest BCUT2D eigenvalue weighted by Crippen LogP contribution is 2.34. The summed E-state index contributed by atoms with van der Waals surface area (Å²) in [6.07, 6.45) is 4.27. The fraction of sp³-hybridized carbons (Fsp3) is 0.400. The van der Waals surface area contributed by atoms with Crippen molar-refractivity contribution in [2.75, 3.05) is 13.1 Å².